The average molecular weight is 557 g/mol. The SMILES string of the molecule is O=C(NC[C@H]1OC(OCCCCOc2ccc(CNC(=O)C(F)(F)F)cc2)[C@H](O)[C@@H](O)[C@H]1O)c1ccccc1. The third-order valence-corrected chi connectivity index (χ3v) is 5.89. The Hall–Kier alpha value is -3.23. The van der Waals surface area contributed by atoms with Crippen LogP contribution in [0.3, 0.4) is 0 Å². The molecule has 0 radical (unpaired) electrons. The molecule has 0 saturated carbocycles. The number of aliphatic hydroxyl groups is 3. The summed E-state index contributed by atoms with van der Waals surface area (Å²) in [6.45, 7) is 0.0722. The molecule has 5 N–H and O–H groups in total. The molecule has 0 aromatic heterocycles. The molecule has 1 aliphatic heterocycles. The van der Waals surface area contributed by atoms with Crippen molar-refractivity contribution < 1.29 is 52.3 Å². The fourth-order valence-electron chi connectivity index (χ4n) is 3.69. The molecule has 1 aliphatic rings. The van der Waals surface area contributed by atoms with E-state index in [0.717, 1.165) is 0 Å². The lowest BCUT2D eigenvalue weighted by Gasteiger charge is -2.40. The summed E-state index contributed by atoms with van der Waals surface area (Å²) >= 11 is 0. The molecule has 1 saturated heterocycles. The van der Waals surface area contributed by atoms with Crippen molar-refractivity contribution in [2.24, 2.45) is 0 Å². The maximum Gasteiger partial charge on any atom is 0.471 e. The van der Waals surface area contributed by atoms with Gasteiger partial charge in [0.15, 0.2) is 6.29 Å². The molecular weight excluding hydrogens is 525 g/mol. The number of amides is 2. The molecule has 2 aromatic carbocycles. The summed E-state index contributed by atoms with van der Waals surface area (Å²) in [6.07, 6.45) is -10.6. The first-order chi connectivity index (χ1) is 18.6. The molecule has 1 fully saturated rings. The molecule has 5 atom stereocenters. The Labute approximate surface area is 222 Å². The predicted molar refractivity (Wildman–Crippen MR) is 130 cm³/mol. The van der Waals surface area contributed by atoms with E-state index in [4.69, 9.17) is 14.2 Å². The highest BCUT2D eigenvalue weighted by molar-refractivity contribution is 5.94. The van der Waals surface area contributed by atoms with Crippen molar-refractivity contribution in [1.29, 1.82) is 0 Å². The smallest absolute Gasteiger partial charge is 0.471 e. The van der Waals surface area contributed by atoms with Gasteiger partial charge in [-0.3, -0.25) is 9.59 Å². The minimum Gasteiger partial charge on any atom is -0.494 e. The first-order valence-corrected chi connectivity index (χ1v) is 12.3. The molecule has 1 unspecified atom stereocenters. The molecule has 214 valence electrons. The van der Waals surface area contributed by atoms with Gasteiger partial charge in [-0.15, -0.1) is 0 Å². The van der Waals surface area contributed by atoms with Crippen molar-refractivity contribution in [2.75, 3.05) is 19.8 Å². The normalized spacial score (nSPS) is 23.2. The number of carbonyl (C=O) groups is 2. The highest BCUT2D eigenvalue weighted by Crippen LogP contribution is 2.22. The Morgan fingerprint density at radius 3 is 2.21 bits per heavy atom. The quantitative estimate of drug-likeness (QED) is 0.246. The van der Waals surface area contributed by atoms with Crippen LogP contribution in [0.2, 0.25) is 0 Å². The maximum absolute atomic E-state index is 12.2. The number of hydrogen-bond acceptors (Lipinski definition) is 8. The van der Waals surface area contributed by atoms with Crippen LogP contribution in [0.25, 0.3) is 0 Å². The van der Waals surface area contributed by atoms with Gasteiger partial charge in [0.25, 0.3) is 5.91 Å². The van der Waals surface area contributed by atoms with E-state index in [1.54, 1.807) is 47.8 Å². The summed E-state index contributed by atoms with van der Waals surface area (Å²) in [5.74, 6) is -1.90. The molecule has 13 heteroatoms. The van der Waals surface area contributed by atoms with Crippen molar-refractivity contribution in [3.8, 4) is 5.75 Å². The molecule has 0 bridgehead atoms. The van der Waals surface area contributed by atoms with E-state index in [2.05, 4.69) is 5.32 Å². The molecule has 0 spiro atoms. The van der Waals surface area contributed by atoms with Crippen molar-refractivity contribution in [3.05, 3.63) is 65.7 Å². The van der Waals surface area contributed by atoms with Gasteiger partial charge in [0, 0.05) is 25.3 Å². The zero-order valence-electron chi connectivity index (χ0n) is 20.8. The molecule has 1 heterocycles. The van der Waals surface area contributed by atoms with E-state index in [9.17, 15) is 38.1 Å². The lowest BCUT2D eigenvalue weighted by molar-refractivity contribution is -0.295. The molecular formula is C26H31F3N2O8. The van der Waals surface area contributed by atoms with Crippen molar-refractivity contribution in [3.63, 3.8) is 0 Å². The minimum atomic E-state index is -4.93. The fraction of sp³-hybridized carbons (Fsp3) is 0.462. The van der Waals surface area contributed by atoms with Crippen LogP contribution in [0.4, 0.5) is 13.2 Å². The van der Waals surface area contributed by atoms with Crippen molar-refractivity contribution in [2.45, 2.75) is 56.3 Å². The molecule has 0 aliphatic carbocycles. The zero-order chi connectivity index (χ0) is 28.4. The van der Waals surface area contributed by atoms with E-state index >= 15 is 0 Å². The zero-order valence-corrected chi connectivity index (χ0v) is 20.8. The van der Waals surface area contributed by atoms with Crippen LogP contribution in [-0.4, -0.2) is 83.8 Å². The van der Waals surface area contributed by atoms with Gasteiger partial charge in [-0.05, 0) is 42.7 Å². The Balaban J connectivity index is 1.35. The maximum atomic E-state index is 12.2. The molecule has 10 nitrogen and oxygen atoms in total. The van der Waals surface area contributed by atoms with Crippen LogP contribution >= 0.6 is 0 Å². The van der Waals surface area contributed by atoms with Crippen LogP contribution in [0, 0.1) is 0 Å². The number of benzene rings is 2. The second-order valence-electron chi connectivity index (χ2n) is 8.84. The van der Waals surface area contributed by atoms with Gasteiger partial charge in [0.1, 0.15) is 30.2 Å². The molecule has 3 rings (SSSR count). The Morgan fingerprint density at radius 2 is 1.54 bits per heavy atom. The summed E-state index contributed by atoms with van der Waals surface area (Å²) in [6, 6.07) is 14.7. The van der Waals surface area contributed by atoms with Crippen LogP contribution < -0.4 is 15.4 Å². The van der Waals surface area contributed by atoms with Crippen LogP contribution in [-0.2, 0) is 20.8 Å². The summed E-state index contributed by atoms with van der Waals surface area (Å²) < 4.78 is 53.4. The third-order valence-electron chi connectivity index (χ3n) is 5.89. The number of halogens is 3. The Bertz CT molecular complexity index is 1060. The van der Waals surface area contributed by atoms with Gasteiger partial charge in [0.2, 0.25) is 0 Å². The number of carbonyl (C=O) groups excluding carboxylic acids is 2. The van der Waals surface area contributed by atoms with E-state index in [0.29, 0.717) is 36.3 Å². The Morgan fingerprint density at radius 1 is 0.872 bits per heavy atom. The van der Waals surface area contributed by atoms with Crippen LogP contribution in [0.15, 0.2) is 54.6 Å². The number of nitrogens with one attached hydrogen (secondary N) is 2. The number of unbranched alkanes of at least 4 members (excludes halogenated alkanes) is 1. The van der Waals surface area contributed by atoms with Gasteiger partial charge >= 0.3 is 12.1 Å². The largest absolute Gasteiger partial charge is 0.494 e. The first kappa shape index (κ1) is 30.3. The lowest BCUT2D eigenvalue weighted by Crippen LogP contribution is -2.60. The monoisotopic (exact) mass is 556 g/mol. The number of alkyl halides is 3. The van der Waals surface area contributed by atoms with E-state index in [1.165, 1.54) is 12.1 Å². The van der Waals surface area contributed by atoms with E-state index in [1.807, 2.05) is 0 Å². The minimum absolute atomic E-state index is 0.111. The lowest BCUT2D eigenvalue weighted by atomic mass is 9.98. The highest BCUT2D eigenvalue weighted by atomic mass is 19.4. The third kappa shape index (κ3) is 9.18. The second-order valence-corrected chi connectivity index (χ2v) is 8.84. The van der Waals surface area contributed by atoms with Gasteiger partial charge in [-0.2, -0.15) is 13.2 Å². The molecule has 2 amide bonds. The summed E-state index contributed by atoms with van der Waals surface area (Å²) in [5, 5.41) is 35.1. The summed E-state index contributed by atoms with van der Waals surface area (Å²) in [5.41, 5.74) is 0.897. The number of rotatable bonds is 12. The molecule has 2 aromatic rings. The predicted octanol–water partition coefficient (Wildman–Crippen LogP) is 1.28. The van der Waals surface area contributed by atoms with Crippen molar-refractivity contribution in [1.82, 2.24) is 10.6 Å². The Kier molecular flexibility index (Phi) is 11.1. The molecule has 39 heavy (non-hydrogen) atoms. The van der Waals surface area contributed by atoms with Crippen molar-refractivity contribution >= 4 is 11.8 Å². The topological polar surface area (TPSA) is 147 Å². The fourth-order valence-corrected chi connectivity index (χ4v) is 3.69. The number of aliphatic hydroxyl groups excluding tert-OH is 3. The standard InChI is InChI=1S/C26H31F3N2O8/c27-26(28,29)25(36)31-14-16-8-10-18(11-9-16)37-12-4-5-13-38-24-22(34)21(33)20(32)19(39-24)15-30-23(35)17-6-2-1-3-7-17/h1-3,6-11,19-22,24,32-34H,4-5,12-15H2,(H,30,35)(H,31,36)/t19-,20+,21+,22-,24?/m1/s1. The van der Waals surface area contributed by atoms with E-state index < -0.39 is 42.8 Å². The number of ether oxygens (including phenoxy) is 3. The van der Waals surface area contributed by atoms with Gasteiger partial charge < -0.3 is 40.2 Å². The van der Waals surface area contributed by atoms with Crippen LogP contribution in [0.5, 0.6) is 5.75 Å². The van der Waals surface area contributed by atoms with Crippen LogP contribution in [0.1, 0.15) is 28.8 Å². The average Bonchev–Trinajstić information content (AvgIpc) is 2.93. The highest BCUT2D eigenvalue weighted by Gasteiger charge is 2.44. The number of hydrogen-bond donors (Lipinski definition) is 5. The van der Waals surface area contributed by atoms with E-state index in [-0.39, 0.29) is 25.6 Å². The van der Waals surface area contributed by atoms with Gasteiger partial charge in [0.05, 0.1) is 6.61 Å². The second kappa shape index (κ2) is 14.2. The van der Waals surface area contributed by atoms with Gasteiger partial charge in [-0.1, -0.05) is 30.3 Å². The summed E-state index contributed by atoms with van der Waals surface area (Å²) in [4.78, 5) is 23.1. The first-order valence-electron chi connectivity index (χ1n) is 12.3. The summed E-state index contributed by atoms with van der Waals surface area (Å²) in [7, 11) is 0. The van der Waals surface area contributed by atoms with Gasteiger partial charge in [-0.25, -0.2) is 0 Å².